The molecule has 124 valence electrons. The first-order valence-electron chi connectivity index (χ1n) is 9.31. The number of benzene rings is 1. The molecule has 2 aliphatic heterocycles. The minimum Gasteiger partial charge on any atom is -0.462 e. The Balaban J connectivity index is 1.65. The predicted octanol–water partition coefficient (Wildman–Crippen LogP) is 3.87. The summed E-state index contributed by atoms with van der Waals surface area (Å²) in [5.74, 6) is 0.512. The lowest BCUT2D eigenvalue weighted by atomic mass is 9.71. The zero-order chi connectivity index (χ0) is 15.8. The molecular formula is C20H27NO2. The Hall–Kier alpha value is -1.35. The lowest BCUT2D eigenvalue weighted by Gasteiger charge is -2.53. The molecule has 4 atom stereocenters. The van der Waals surface area contributed by atoms with Crippen molar-refractivity contribution < 1.29 is 9.53 Å². The van der Waals surface area contributed by atoms with Crippen LogP contribution in [0.3, 0.4) is 0 Å². The molecule has 0 N–H and O–H groups in total. The van der Waals surface area contributed by atoms with Crippen LogP contribution in [-0.4, -0.2) is 29.6 Å². The van der Waals surface area contributed by atoms with E-state index < -0.39 is 0 Å². The normalized spacial score (nSPS) is 33.3. The minimum atomic E-state index is -0.0307. The van der Waals surface area contributed by atoms with E-state index in [0.717, 1.165) is 19.4 Å². The lowest BCUT2D eigenvalue weighted by molar-refractivity contribution is -0.162. The first kappa shape index (κ1) is 15.2. The molecule has 1 aliphatic carbocycles. The van der Waals surface area contributed by atoms with Crippen LogP contribution in [0.1, 0.15) is 62.6 Å². The van der Waals surface area contributed by atoms with Crippen molar-refractivity contribution >= 4 is 5.97 Å². The standard InChI is InChI=1S/C20H27NO2/c1-2-20(22)23-19-13-18-15-8-4-3-7-14(15)11-12-21(18)17-10-6-5-9-16(17)19/h3-4,7-8,16-19H,2,5-6,9-13H2,1H3. The SMILES string of the molecule is CCC(=O)OC1CC2c3ccccc3CCN2C2CCCCC12. The molecule has 4 rings (SSSR count). The summed E-state index contributed by atoms with van der Waals surface area (Å²) in [6.07, 6.45) is 7.83. The van der Waals surface area contributed by atoms with Crippen molar-refractivity contribution in [2.24, 2.45) is 5.92 Å². The molecule has 1 aromatic carbocycles. The summed E-state index contributed by atoms with van der Waals surface area (Å²) >= 11 is 0. The number of carbonyl (C=O) groups excluding carboxylic acids is 1. The highest BCUT2D eigenvalue weighted by Crippen LogP contribution is 2.47. The van der Waals surface area contributed by atoms with Crippen LogP contribution in [-0.2, 0) is 16.0 Å². The van der Waals surface area contributed by atoms with E-state index in [1.165, 1.54) is 36.8 Å². The minimum absolute atomic E-state index is 0.0307. The fourth-order valence-corrected chi connectivity index (χ4v) is 5.10. The molecule has 0 bridgehead atoms. The van der Waals surface area contributed by atoms with Gasteiger partial charge < -0.3 is 4.74 Å². The number of ether oxygens (including phenoxy) is 1. The van der Waals surface area contributed by atoms with E-state index in [-0.39, 0.29) is 12.1 Å². The van der Waals surface area contributed by atoms with Gasteiger partial charge in [-0.15, -0.1) is 0 Å². The third-order valence-corrected chi connectivity index (χ3v) is 6.17. The summed E-state index contributed by atoms with van der Waals surface area (Å²) in [4.78, 5) is 14.7. The second-order valence-electron chi connectivity index (χ2n) is 7.34. The molecule has 0 radical (unpaired) electrons. The average molecular weight is 313 g/mol. The van der Waals surface area contributed by atoms with E-state index >= 15 is 0 Å². The zero-order valence-electron chi connectivity index (χ0n) is 14.0. The van der Waals surface area contributed by atoms with Gasteiger partial charge in [0.05, 0.1) is 0 Å². The maximum atomic E-state index is 11.9. The fraction of sp³-hybridized carbons (Fsp3) is 0.650. The summed E-state index contributed by atoms with van der Waals surface area (Å²) in [5, 5.41) is 0. The second-order valence-corrected chi connectivity index (χ2v) is 7.34. The number of carbonyl (C=O) groups is 1. The van der Waals surface area contributed by atoms with Gasteiger partial charge in [-0.1, -0.05) is 44.0 Å². The summed E-state index contributed by atoms with van der Waals surface area (Å²) in [7, 11) is 0. The van der Waals surface area contributed by atoms with Gasteiger partial charge in [-0.05, 0) is 30.4 Å². The topological polar surface area (TPSA) is 29.5 Å². The number of fused-ring (bicyclic) bond motifs is 5. The highest BCUT2D eigenvalue weighted by atomic mass is 16.5. The van der Waals surface area contributed by atoms with Crippen LogP contribution in [0.2, 0.25) is 0 Å². The van der Waals surface area contributed by atoms with Gasteiger partial charge in [0.1, 0.15) is 6.10 Å². The van der Waals surface area contributed by atoms with Crippen LogP contribution in [0, 0.1) is 5.92 Å². The summed E-state index contributed by atoms with van der Waals surface area (Å²) in [5.41, 5.74) is 2.96. The largest absolute Gasteiger partial charge is 0.462 e. The summed E-state index contributed by atoms with van der Waals surface area (Å²) in [6.45, 7) is 3.06. The van der Waals surface area contributed by atoms with Gasteiger partial charge >= 0.3 is 5.97 Å². The number of rotatable bonds is 2. The molecule has 1 saturated carbocycles. The van der Waals surface area contributed by atoms with Gasteiger partial charge in [-0.2, -0.15) is 0 Å². The number of nitrogens with zero attached hydrogens (tertiary/aromatic N) is 1. The first-order chi connectivity index (χ1) is 11.3. The molecular weight excluding hydrogens is 286 g/mol. The van der Waals surface area contributed by atoms with Gasteiger partial charge in [-0.3, -0.25) is 9.69 Å². The molecule has 2 fully saturated rings. The molecule has 3 nitrogen and oxygen atoms in total. The molecule has 23 heavy (non-hydrogen) atoms. The van der Waals surface area contributed by atoms with E-state index in [0.29, 0.717) is 24.4 Å². The first-order valence-corrected chi connectivity index (χ1v) is 9.31. The van der Waals surface area contributed by atoms with Crippen molar-refractivity contribution in [3.63, 3.8) is 0 Å². The van der Waals surface area contributed by atoms with Crippen LogP contribution < -0.4 is 0 Å². The molecule has 2 heterocycles. The predicted molar refractivity (Wildman–Crippen MR) is 90.1 cm³/mol. The Morgan fingerprint density at radius 1 is 1.26 bits per heavy atom. The van der Waals surface area contributed by atoms with Crippen molar-refractivity contribution in [2.45, 2.75) is 70.1 Å². The van der Waals surface area contributed by atoms with Gasteiger partial charge in [0.25, 0.3) is 0 Å². The Labute approximate surface area is 139 Å². The maximum Gasteiger partial charge on any atom is 0.305 e. The molecule has 3 aliphatic rings. The van der Waals surface area contributed by atoms with Gasteiger partial charge in [-0.25, -0.2) is 0 Å². The lowest BCUT2D eigenvalue weighted by Crippen LogP contribution is -2.56. The fourth-order valence-electron chi connectivity index (χ4n) is 5.10. The highest BCUT2D eigenvalue weighted by molar-refractivity contribution is 5.69. The average Bonchev–Trinajstić information content (AvgIpc) is 2.61. The van der Waals surface area contributed by atoms with Crippen molar-refractivity contribution in [1.29, 1.82) is 0 Å². The molecule has 0 aromatic heterocycles. The zero-order valence-corrected chi connectivity index (χ0v) is 14.0. The van der Waals surface area contributed by atoms with Crippen molar-refractivity contribution in [3.8, 4) is 0 Å². The Bertz CT molecular complexity index is 585. The maximum absolute atomic E-state index is 11.9. The van der Waals surface area contributed by atoms with Crippen LogP contribution in [0.5, 0.6) is 0 Å². The molecule has 1 aromatic rings. The Morgan fingerprint density at radius 2 is 2.09 bits per heavy atom. The molecule has 1 saturated heterocycles. The van der Waals surface area contributed by atoms with Gasteiger partial charge in [0.2, 0.25) is 0 Å². The number of piperidine rings is 1. The van der Waals surface area contributed by atoms with Crippen LogP contribution in [0.4, 0.5) is 0 Å². The van der Waals surface area contributed by atoms with E-state index in [1.807, 2.05) is 6.92 Å². The van der Waals surface area contributed by atoms with Gasteiger partial charge in [0.15, 0.2) is 0 Å². The highest BCUT2D eigenvalue weighted by Gasteiger charge is 2.47. The van der Waals surface area contributed by atoms with Gasteiger partial charge in [0, 0.05) is 37.4 Å². The van der Waals surface area contributed by atoms with Crippen molar-refractivity contribution in [3.05, 3.63) is 35.4 Å². The number of hydrogen-bond donors (Lipinski definition) is 0. The van der Waals surface area contributed by atoms with Crippen molar-refractivity contribution in [1.82, 2.24) is 4.90 Å². The monoisotopic (exact) mass is 313 g/mol. The Morgan fingerprint density at radius 3 is 2.96 bits per heavy atom. The molecule has 4 unspecified atom stereocenters. The molecule has 0 amide bonds. The smallest absolute Gasteiger partial charge is 0.305 e. The third-order valence-electron chi connectivity index (χ3n) is 6.17. The van der Waals surface area contributed by atoms with E-state index in [2.05, 4.69) is 29.2 Å². The van der Waals surface area contributed by atoms with E-state index in [9.17, 15) is 4.79 Å². The third kappa shape index (κ3) is 2.69. The van der Waals surface area contributed by atoms with Crippen LogP contribution in [0.15, 0.2) is 24.3 Å². The summed E-state index contributed by atoms with van der Waals surface area (Å²) < 4.78 is 5.91. The van der Waals surface area contributed by atoms with Crippen molar-refractivity contribution in [2.75, 3.05) is 6.54 Å². The second kappa shape index (κ2) is 6.27. The van der Waals surface area contributed by atoms with E-state index in [4.69, 9.17) is 4.74 Å². The summed E-state index contributed by atoms with van der Waals surface area (Å²) in [6, 6.07) is 9.90. The number of hydrogen-bond acceptors (Lipinski definition) is 3. The molecule has 3 heteroatoms. The quantitative estimate of drug-likeness (QED) is 0.776. The van der Waals surface area contributed by atoms with Crippen LogP contribution >= 0.6 is 0 Å². The van der Waals surface area contributed by atoms with E-state index in [1.54, 1.807) is 0 Å². The molecule has 0 spiro atoms. The Kier molecular flexibility index (Phi) is 4.14. The number of esters is 1. The van der Waals surface area contributed by atoms with Crippen LogP contribution in [0.25, 0.3) is 0 Å².